The summed E-state index contributed by atoms with van der Waals surface area (Å²) < 4.78 is 29.0. The number of halogens is 2. The molecular weight excluding hydrogens is 202 g/mol. The van der Waals surface area contributed by atoms with Gasteiger partial charge in [0.05, 0.1) is 13.0 Å². The Morgan fingerprint density at radius 1 is 1.20 bits per heavy atom. The molecule has 1 aromatic carbocycles. The monoisotopic (exact) mass is 214 g/mol. The smallest absolute Gasteiger partial charge is 0.312 e. The minimum atomic E-state index is -2.48. The molecule has 0 saturated heterocycles. The van der Waals surface area contributed by atoms with E-state index in [9.17, 15) is 13.6 Å². The number of rotatable bonds is 3. The molecule has 0 N–H and O–H groups in total. The summed E-state index contributed by atoms with van der Waals surface area (Å²) in [6.45, 7) is 1.67. The predicted molar refractivity (Wildman–Crippen MR) is 51.8 cm³/mol. The first-order chi connectivity index (χ1) is 7.06. The van der Waals surface area contributed by atoms with Crippen LogP contribution in [0.3, 0.4) is 0 Å². The normalized spacial score (nSPS) is 12.6. The number of alkyl halides is 2. The standard InChI is InChI=1S/C11H12F2O2/c1-7(11(14)15-2)8-3-5-9(6-4-8)10(12)13/h3-7,10H,1-2H3. The van der Waals surface area contributed by atoms with Gasteiger partial charge in [0.2, 0.25) is 0 Å². The molecule has 0 amide bonds. The number of carbonyl (C=O) groups is 1. The summed E-state index contributed by atoms with van der Waals surface area (Å²) in [5, 5.41) is 0. The van der Waals surface area contributed by atoms with Crippen LogP contribution in [0.2, 0.25) is 0 Å². The molecule has 0 heterocycles. The summed E-state index contributed by atoms with van der Waals surface area (Å²) >= 11 is 0. The fourth-order valence-corrected chi connectivity index (χ4v) is 1.24. The summed E-state index contributed by atoms with van der Waals surface area (Å²) in [7, 11) is 1.30. The maximum absolute atomic E-state index is 12.2. The van der Waals surface area contributed by atoms with E-state index in [-0.39, 0.29) is 11.5 Å². The third kappa shape index (κ3) is 2.75. The van der Waals surface area contributed by atoms with Crippen LogP contribution >= 0.6 is 0 Å². The molecule has 0 fully saturated rings. The van der Waals surface area contributed by atoms with Crippen LogP contribution in [0.5, 0.6) is 0 Å². The Hall–Kier alpha value is -1.45. The van der Waals surface area contributed by atoms with Crippen molar-refractivity contribution in [2.75, 3.05) is 7.11 Å². The molecule has 0 spiro atoms. The number of ether oxygens (including phenoxy) is 1. The van der Waals surface area contributed by atoms with Crippen molar-refractivity contribution >= 4 is 5.97 Å². The van der Waals surface area contributed by atoms with E-state index in [1.807, 2.05) is 0 Å². The van der Waals surface area contributed by atoms with Gasteiger partial charge in [0.15, 0.2) is 0 Å². The van der Waals surface area contributed by atoms with E-state index in [1.54, 1.807) is 6.92 Å². The van der Waals surface area contributed by atoms with Crippen molar-refractivity contribution in [2.45, 2.75) is 19.3 Å². The average molecular weight is 214 g/mol. The second-order valence-corrected chi connectivity index (χ2v) is 3.21. The highest BCUT2D eigenvalue weighted by atomic mass is 19.3. The van der Waals surface area contributed by atoms with Crippen molar-refractivity contribution in [3.05, 3.63) is 35.4 Å². The van der Waals surface area contributed by atoms with Crippen LogP contribution in [0.25, 0.3) is 0 Å². The molecule has 82 valence electrons. The third-order valence-electron chi connectivity index (χ3n) is 2.24. The lowest BCUT2D eigenvalue weighted by Gasteiger charge is -2.09. The largest absolute Gasteiger partial charge is 0.469 e. The molecule has 0 radical (unpaired) electrons. The Kier molecular flexibility index (Phi) is 3.77. The molecule has 0 saturated carbocycles. The zero-order valence-corrected chi connectivity index (χ0v) is 8.54. The highest BCUT2D eigenvalue weighted by Crippen LogP contribution is 2.22. The molecule has 2 nitrogen and oxygen atoms in total. The van der Waals surface area contributed by atoms with Crippen LogP contribution < -0.4 is 0 Å². The maximum atomic E-state index is 12.2. The summed E-state index contributed by atoms with van der Waals surface area (Å²) in [6, 6.07) is 5.67. The van der Waals surface area contributed by atoms with Crippen LogP contribution in [0.4, 0.5) is 8.78 Å². The quantitative estimate of drug-likeness (QED) is 0.723. The van der Waals surface area contributed by atoms with Crippen molar-refractivity contribution < 1.29 is 18.3 Å². The van der Waals surface area contributed by atoms with E-state index in [4.69, 9.17) is 0 Å². The topological polar surface area (TPSA) is 26.3 Å². The summed E-state index contributed by atoms with van der Waals surface area (Å²) in [6.07, 6.45) is -2.48. The third-order valence-corrected chi connectivity index (χ3v) is 2.24. The van der Waals surface area contributed by atoms with Crippen molar-refractivity contribution in [3.8, 4) is 0 Å². The van der Waals surface area contributed by atoms with Gasteiger partial charge in [-0.1, -0.05) is 24.3 Å². The van der Waals surface area contributed by atoms with E-state index in [0.29, 0.717) is 5.56 Å². The van der Waals surface area contributed by atoms with E-state index in [2.05, 4.69) is 4.74 Å². The van der Waals surface area contributed by atoms with Crippen LogP contribution in [-0.2, 0) is 9.53 Å². The molecule has 1 rings (SSSR count). The van der Waals surface area contributed by atoms with Crippen molar-refractivity contribution in [3.63, 3.8) is 0 Å². The van der Waals surface area contributed by atoms with Gasteiger partial charge in [-0.3, -0.25) is 4.79 Å². The lowest BCUT2D eigenvalue weighted by Crippen LogP contribution is -2.10. The van der Waals surface area contributed by atoms with Gasteiger partial charge in [0, 0.05) is 5.56 Å². The molecule has 1 unspecified atom stereocenters. The minimum absolute atomic E-state index is 0.0455. The Balaban J connectivity index is 2.84. The van der Waals surface area contributed by atoms with Gasteiger partial charge in [-0.25, -0.2) is 8.78 Å². The highest BCUT2D eigenvalue weighted by Gasteiger charge is 2.16. The summed E-state index contributed by atoms with van der Waals surface area (Å²) in [5.41, 5.74) is 0.627. The fraction of sp³-hybridized carbons (Fsp3) is 0.364. The molecular formula is C11H12F2O2. The Labute approximate surface area is 86.9 Å². The van der Waals surface area contributed by atoms with Crippen molar-refractivity contribution in [1.82, 2.24) is 0 Å². The second-order valence-electron chi connectivity index (χ2n) is 3.21. The molecule has 0 aliphatic rings. The first kappa shape index (κ1) is 11.6. The summed E-state index contributed by atoms with van der Waals surface area (Å²) in [5.74, 6) is -0.804. The lowest BCUT2D eigenvalue weighted by atomic mass is 10.0. The number of methoxy groups -OCH3 is 1. The number of esters is 1. The van der Waals surface area contributed by atoms with E-state index in [0.717, 1.165) is 0 Å². The second kappa shape index (κ2) is 4.87. The minimum Gasteiger partial charge on any atom is -0.469 e. The average Bonchev–Trinajstić information content (AvgIpc) is 2.27. The molecule has 0 aromatic heterocycles. The van der Waals surface area contributed by atoms with Crippen molar-refractivity contribution in [1.29, 1.82) is 0 Å². The van der Waals surface area contributed by atoms with Crippen molar-refractivity contribution in [2.24, 2.45) is 0 Å². The van der Waals surface area contributed by atoms with Gasteiger partial charge >= 0.3 is 5.97 Å². The first-order valence-electron chi connectivity index (χ1n) is 4.52. The van der Waals surface area contributed by atoms with Crippen LogP contribution in [-0.4, -0.2) is 13.1 Å². The molecule has 15 heavy (non-hydrogen) atoms. The highest BCUT2D eigenvalue weighted by molar-refractivity contribution is 5.77. The fourth-order valence-electron chi connectivity index (χ4n) is 1.24. The maximum Gasteiger partial charge on any atom is 0.312 e. The summed E-state index contributed by atoms with van der Waals surface area (Å²) in [4.78, 5) is 11.2. The zero-order valence-electron chi connectivity index (χ0n) is 8.54. The molecule has 1 atom stereocenters. The Morgan fingerprint density at radius 2 is 1.67 bits per heavy atom. The number of hydrogen-bond donors (Lipinski definition) is 0. The van der Waals surface area contributed by atoms with Gasteiger partial charge in [0.25, 0.3) is 6.43 Å². The lowest BCUT2D eigenvalue weighted by molar-refractivity contribution is -0.141. The van der Waals surface area contributed by atoms with Crippen LogP contribution in [0.15, 0.2) is 24.3 Å². The van der Waals surface area contributed by atoms with Gasteiger partial charge in [-0.2, -0.15) is 0 Å². The first-order valence-corrected chi connectivity index (χ1v) is 4.52. The number of hydrogen-bond acceptors (Lipinski definition) is 2. The van der Waals surface area contributed by atoms with Crippen LogP contribution in [0, 0.1) is 0 Å². The van der Waals surface area contributed by atoms with Gasteiger partial charge in [-0.15, -0.1) is 0 Å². The van der Waals surface area contributed by atoms with Gasteiger partial charge in [-0.05, 0) is 12.5 Å². The van der Waals surface area contributed by atoms with Gasteiger partial charge < -0.3 is 4.74 Å². The van der Waals surface area contributed by atoms with E-state index in [1.165, 1.54) is 31.4 Å². The van der Waals surface area contributed by atoms with E-state index >= 15 is 0 Å². The number of benzene rings is 1. The molecule has 0 aliphatic heterocycles. The molecule has 0 bridgehead atoms. The van der Waals surface area contributed by atoms with Crippen LogP contribution in [0.1, 0.15) is 30.4 Å². The molecule has 4 heteroatoms. The SMILES string of the molecule is COC(=O)C(C)c1ccc(C(F)F)cc1. The molecule has 1 aromatic rings. The Bertz CT molecular complexity index is 333. The predicted octanol–water partition coefficient (Wildman–Crippen LogP) is 2.90. The van der Waals surface area contributed by atoms with E-state index < -0.39 is 12.3 Å². The molecule has 0 aliphatic carbocycles. The zero-order chi connectivity index (χ0) is 11.4. The number of carbonyl (C=O) groups excluding carboxylic acids is 1. The Morgan fingerprint density at radius 3 is 2.07 bits per heavy atom. The van der Waals surface area contributed by atoms with Gasteiger partial charge in [0.1, 0.15) is 0 Å².